The number of rotatable bonds is 1. The fourth-order valence-electron chi connectivity index (χ4n) is 4.07. The molecule has 0 atom stereocenters. The van der Waals surface area contributed by atoms with Crippen LogP contribution < -0.4 is 0 Å². The van der Waals surface area contributed by atoms with Crippen LogP contribution in [0.25, 0.3) is 33.1 Å². The van der Waals surface area contributed by atoms with E-state index in [1.807, 2.05) is 30.7 Å². The molecule has 4 nitrogen and oxygen atoms in total. The summed E-state index contributed by atoms with van der Waals surface area (Å²) in [4.78, 5) is 10.9. The van der Waals surface area contributed by atoms with Crippen LogP contribution in [0.15, 0.2) is 48.9 Å². The Labute approximate surface area is 157 Å². The van der Waals surface area contributed by atoms with Crippen LogP contribution in [0.5, 0.6) is 0 Å². The zero-order valence-corrected chi connectivity index (χ0v) is 15.0. The van der Waals surface area contributed by atoms with Gasteiger partial charge in [-0.3, -0.25) is 0 Å². The number of hydrogen-bond acceptors (Lipinski definition) is 2. The van der Waals surface area contributed by atoms with Crippen molar-refractivity contribution in [3.05, 3.63) is 54.5 Å². The molecule has 0 aliphatic heterocycles. The van der Waals surface area contributed by atoms with E-state index in [2.05, 4.69) is 45.0 Å². The molecule has 3 aromatic heterocycles. The molecular formula is C23H21N3O. The second-order valence-corrected chi connectivity index (χ2v) is 7.40. The smallest absolute Gasteiger partial charge is 0.137 e. The first-order valence-electron chi connectivity index (χ1n) is 9.51. The van der Waals surface area contributed by atoms with E-state index in [1.165, 1.54) is 6.42 Å². The van der Waals surface area contributed by atoms with E-state index >= 15 is 0 Å². The Balaban J connectivity index is 1.59. The number of nitrogens with one attached hydrogen (secondary N) is 2. The predicted octanol–water partition coefficient (Wildman–Crippen LogP) is 4.76. The Morgan fingerprint density at radius 2 is 1.85 bits per heavy atom. The van der Waals surface area contributed by atoms with Crippen LogP contribution in [0.3, 0.4) is 0 Å². The number of aromatic amines is 2. The predicted molar refractivity (Wildman–Crippen MR) is 108 cm³/mol. The standard InChI is InChI=1S/C23H21N3O/c27-23(9-2-1-3-10-23)11-6-16-4-5-21-19(14-16)20(15-26-21)17-7-12-24-22-18(17)8-13-25-22/h4-5,7-8,12-15,26-27H,1-3,9-10H2,(H,24,25). The molecule has 1 aliphatic rings. The molecule has 1 fully saturated rings. The third-order valence-corrected chi connectivity index (χ3v) is 5.55. The third kappa shape index (κ3) is 2.90. The minimum Gasteiger partial charge on any atom is -0.378 e. The van der Waals surface area contributed by atoms with Crippen molar-refractivity contribution < 1.29 is 5.11 Å². The molecule has 4 heteroatoms. The molecule has 1 aromatic carbocycles. The molecule has 0 amide bonds. The average molecular weight is 355 g/mol. The second-order valence-electron chi connectivity index (χ2n) is 7.40. The van der Waals surface area contributed by atoms with Gasteiger partial charge in [-0.05, 0) is 61.6 Å². The minimum atomic E-state index is -0.823. The SMILES string of the molecule is OC1(C#Cc2ccc3[nH]cc(-c4ccnc5[nH]ccc45)c3c2)CCCCC1. The van der Waals surface area contributed by atoms with Crippen molar-refractivity contribution >= 4 is 21.9 Å². The molecule has 3 N–H and O–H groups in total. The Morgan fingerprint density at radius 1 is 0.963 bits per heavy atom. The van der Waals surface area contributed by atoms with Crippen LogP contribution in [0, 0.1) is 11.8 Å². The van der Waals surface area contributed by atoms with Gasteiger partial charge in [-0.2, -0.15) is 0 Å². The number of pyridine rings is 1. The van der Waals surface area contributed by atoms with E-state index in [4.69, 9.17) is 0 Å². The Hall–Kier alpha value is -3.03. The summed E-state index contributed by atoms with van der Waals surface area (Å²) in [6.07, 6.45) is 10.6. The molecule has 0 spiro atoms. The largest absolute Gasteiger partial charge is 0.378 e. The summed E-state index contributed by atoms with van der Waals surface area (Å²) < 4.78 is 0. The van der Waals surface area contributed by atoms with Gasteiger partial charge in [-0.25, -0.2) is 4.98 Å². The van der Waals surface area contributed by atoms with Gasteiger partial charge in [0.25, 0.3) is 0 Å². The van der Waals surface area contributed by atoms with E-state index in [0.29, 0.717) is 0 Å². The number of aliphatic hydroxyl groups is 1. The van der Waals surface area contributed by atoms with Gasteiger partial charge in [-0.15, -0.1) is 0 Å². The molecule has 1 saturated carbocycles. The lowest BCUT2D eigenvalue weighted by molar-refractivity contribution is 0.0610. The number of fused-ring (bicyclic) bond motifs is 2. The molecule has 4 aromatic rings. The fourth-order valence-corrected chi connectivity index (χ4v) is 4.07. The van der Waals surface area contributed by atoms with Gasteiger partial charge < -0.3 is 15.1 Å². The van der Waals surface area contributed by atoms with Crippen LogP contribution in [0.4, 0.5) is 0 Å². The number of hydrogen-bond donors (Lipinski definition) is 3. The third-order valence-electron chi connectivity index (χ3n) is 5.55. The second kappa shape index (κ2) is 6.29. The summed E-state index contributed by atoms with van der Waals surface area (Å²) in [5.74, 6) is 6.35. The van der Waals surface area contributed by atoms with Crippen molar-refractivity contribution in [3.63, 3.8) is 0 Å². The zero-order chi connectivity index (χ0) is 18.3. The van der Waals surface area contributed by atoms with E-state index in [9.17, 15) is 5.11 Å². The highest BCUT2D eigenvalue weighted by Crippen LogP contribution is 2.33. The first kappa shape index (κ1) is 16.2. The van der Waals surface area contributed by atoms with Gasteiger partial charge in [0.1, 0.15) is 11.2 Å². The maximum Gasteiger partial charge on any atom is 0.137 e. The summed E-state index contributed by atoms with van der Waals surface area (Å²) in [6.45, 7) is 0. The summed E-state index contributed by atoms with van der Waals surface area (Å²) >= 11 is 0. The van der Waals surface area contributed by atoms with Crippen LogP contribution in [0.1, 0.15) is 37.7 Å². The molecule has 27 heavy (non-hydrogen) atoms. The zero-order valence-electron chi connectivity index (χ0n) is 15.0. The molecule has 0 unspecified atom stereocenters. The summed E-state index contributed by atoms with van der Waals surface area (Å²) in [6, 6.07) is 10.3. The van der Waals surface area contributed by atoms with Crippen LogP contribution in [-0.2, 0) is 0 Å². The van der Waals surface area contributed by atoms with Crippen LogP contribution in [0.2, 0.25) is 0 Å². The van der Waals surface area contributed by atoms with E-state index < -0.39 is 5.60 Å². The summed E-state index contributed by atoms with van der Waals surface area (Å²) in [5.41, 5.74) is 4.35. The number of H-pyrrole nitrogens is 2. The molecule has 134 valence electrons. The number of benzene rings is 1. The van der Waals surface area contributed by atoms with Gasteiger partial charge in [0.15, 0.2) is 0 Å². The normalized spacial score (nSPS) is 16.3. The van der Waals surface area contributed by atoms with Crippen molar-refractivity contribution in [3.8, 4) is 23.0 Å². The van der Waals surface area contributed by atoms with Gasteiger partial charge in [0.05, 0.1) is 0 Å². The van der Waals surface area contributed by atoms with Gasteiger partial charge >= 0.3 is 0 Å². The van der Waals surface area contributed by atoms with E-state index in [1.54, 1.807) is 0 Å². The topological polar surface area (TPSA) is 64.7 Å². The molecular weight excluding hydrogens is 334 g/mol. The van der Waals surface area contributed by atoms with E-state index in [-0.39, 0.29) is 0 Å². The maximum absolute atomic E-state index is 10.6. The van der Waals surface area contributed by atoms with Crippen LogP contribution >= 0.6 is 0 Å². The molecule has 1 aliphatic carbocycles. The lowest BCUT2D eigenvalue weighted by atomic mass is 9.85. The first-order chi connectivity index (χ1) is 13.2. The Morgan fingerprint density at radius 3 is 2.74 bits per heavy atom. The molecule has 0 radical (unpaired) electrons. The quantitative estimate of drug-likeness (QED) is 0.431. The number of aromatic nitrogens is 3. The van der Waals surface area contributed by atoms with Crippen molar-refractivity contribution in [2.24, 2.45) is 0 Å². The van der Waals surface area contributed by atoms with Crippen molar-refractivity contribution in [1.29, 1.82) is 0 Å². The fraction of sp³-hybridized carbons (Fsp3) is 0.261. The highest BCUT2D eigenvalue weighted by atomic mass is 16.3. The van der Waals surface area contributed by atoms with Crippen LogP contribution in [-0.4, -0.2) is 25.7 Å². The molecule has 0 bridgehead atoms. The minimum absolute atomic E-state index is 0.778. The maximum atomic E-state index is 10.6. The van der Waals surface area contributed by atoms with Gasteiger partial charge in [-0.1, -0.05) is 18.3 Å². The Kier molecular flexibility index (Phi) is 3.77. The summed E-state index contributed by atoms with van der Waals surface area (Å²) in [5, 5.41) is 12.9. The number of nitrogens with zero attached hydrogens (tertiary/aromatic N) is 1. The van der Waals surface area contributed by atoms with Crippen molar-refractivity contribution in [1.82, 2.24) is 15.0 Å². The molecule has 5 rings (SSSR count). The molecule has 3 heterocycles. The highest BCUT2D eigenvalue weighted by Gasteiger charge is 2.26. The monoisotopic (exact) mass is 355 g/mol. The van der Waals surface area contributed by atoms with Gasteiger partial charge in [0, 0.05) is 46.0 Å². The van der Waals surface area contributed by atoms with Crippen molar-refractivity contribution in [2.45, 2.75) is 37.7 Å². The highest BCUT2D eigenvalue weighted by molar-refractivity contribution is 6.03. The van der Waals surface area contributed by atoms with E-state index in [0.717, 1.165) is 64.3 Å². The summed E-state index contributed by atoms with van der Waals surface area (Å²) in [7, 11) is 0. The van der Waals surface area contributed by atoms with Gasteiger partial charge in [0.2, 0.25) is 0 Å². The molecule has 0 saturated heterocycles. The lowest BCUT2D eigenvalue weighted by Gasteiger charge is -2.26. The lowest BCUT2D eigenvalue weighted by Crippen LogP contribution is -2.29. The average Bonchev–Trinajstić information content (AvgIpc) is 3.33. The van der Waals surface area contributed by atoms with Crippen molar-refractivity contribution in [2.75, 3.05) is 0 Å². The Bertz CT molecular complexity index is 1180. The first-order valence-corrected chi connectivity index (χ1v) is 9.51.